The predicted octanol–water partition coefficient (Wildman–Crippen LogP) is 3.02. The Bertz CT molecular complexity index is 571. The van der Waals surface area contributed by atoms with Gasteiger partial charge in [-0.2, -0.15) is 0 Å². The van der Waals surface area contributed by atoms with E-state index in [0.29, 0.717) is 5.92 Å². The van der Waals surface area contributed by atoms with Crippen molar-refractivity contribution in [2.45, 2.75) is 52.5 Å². The number of nitrogens with one attached hydrogen (secondary N) is 1. The number of rotatable bonds is 2. The molecule has 23 heavy (non-hydrogen) atoms. The molecule has 0 saturated carbocycles. The number of furan rings is 1. The zero-order chi connectivity index (χ0) is 16.6. The highest BCUT2D eigenvalue weighted by Gasteiger charge is 2.36. The molecule has 1 unspecified atom stereocenters. The van der Waals surface area contributed by atoms with Gasteiger partial charge in [-0.3, -0.25) is 0 Å². The smallest absolute Gasteiger partial charge is 0.317 e. The number of piperidine rings is 1. The highest BCUT2D eigenvalue weighted by Crippen LogP contribution is 2.42. The molecule has 2 aliphatic rings. The molecule has 0 bridgehead atoms. The van der Waals surface area contributed by atoms with Crippen molar-refractivity contribution < 1.29 is 14.3 Å². The molecule has 2 heterocycles. The van der Waals surface area contributed by atoms with Gasteiger partial charge in [0.15, 0.2) is 0 Å². The van der Waals surface area contributed by atoms with Gasteiger partial charge in [-0.25, -0.2) is 4.79 Å². The standard InChI is InChI=1S/C18H28N2O3/c1-12-8-14-15(9-18(2,3)10-16(14)23-12)19-17(22)20-6-4-13(11-21)5-7-20/h8,13,15,21H,4-7,9-11H2,1-3H3,(H,19,22). The van der Waals surface area contributed by atoms with Crippen LogP contribution >= 0.6 is 0 Å². The molecule has 5 nitrogen and oxygen atoms in total. The Morgan fingerprint density at radius 2 is 2.13 bits per heavy atom. The Hall–Kier alpha value is -1.49. The Labute approximate surface area is 138 Å². The first-order chi connectivity index (χ1) is 10.9. The number of carbonyl (C=O) groups excluding carboxylic acids is 1. The van der Waals surface area contributed by atoms with Crippen molar-refractivity contribution in [3.8, 4) is 0 Å². The van der Waals surface area contributed by atoms with E-state index in [1.165, 1.54) is 0 Å². The van der Waals surface area contributed by atoms with Gasteiger partial charge in [-0.05, 0) is 43.6 Å². The van der Waals surface area contributed by atoms with Crippen molar-refractivity contribution in [2.75, 3.05) is 19.7 Å². The van der Waals surface area contributed by atoms with E-state index in [1.54, 1.807) is 0 Å². The first kappa shape index (κ1) is 16.4. The van der Waals surface area contributed by atoms with Crippen LogP contribution in [0.3, 0.4) is 0 Å². The number of carbonyl (C=O) groups is 1. The maximum absolute atomic E-state index is 12.6. The molecule has 0 radical (unpaired) electrons. The summed E-state index contributed by atoms with van der Waals surface area (Å²) in [5, 5.41) is 12.4. The fourth-order valence-corrected chi connectivity index (χ4v) is 3.87. The van der Waals surface area contributed by atoms with Gasteiger partial charge in [0.2, 0.25) is 0 Å². The van der Waals surface area contributed by atoms with E-state index in [2.05, 4.69) is 25.2 Å². The SMILES string of the molecule is Cc1cc2c(o1)CC(C)(C)CC2NC(=O)N1CCC(CO)CC1. The van der Waals surface area contributed by atoms with Crippen LogP contribution in [-0.4, -0.2) is 35.7 Å². The van der Waals surface area contributed by atoms with Crippen molar-refractivity contribution in [2.24, 2.45) is 11.3 Å². The molecule has 1 atom stereocenters. The number of likely N-dealkylation sites (tertiary alicyclic amines) is 1. The third-order valence-corrected chi connectivity index (χ3v) is 5.19. The summed E-state index contributed by atoms with van der Waals surface area (Å²) >= 11 is 0. The van der Waals surface area contributed by atoms with Crippen LogP contribution in [0.5, 0.6) is 0 Å². The lowest BCUT2D eigenvalue weighted by Gasteiger charge is -2.37. The van der Waals surface area contributed by atoms with Crippen LogP contribution in [0.2, 0.25) is 0 Å². The summed E-state index contributed by atoms with van der Waals surface area (Å²) in [5.41, 5.74) is 1.26. The van der Waals surface area contributed by atoms with Crippen molar-refractivity contribution in [3.63, 3.8) is 0 Å². The van der Waals surface area contributed by atoms with E-state index < -0.39 is 0 Å². The largest absolute Gasteiger partial charge is 0.466 e. The summed E-state index contributed by atoms with van der Waals surface area (Å²) < 4.78 is 5.83. The summed E-state index contributed by atoms with van der Waals surface area (Å²) in [6.45, 7) is 8.09. The average Bonchev–Trinajstić information content (AvgIpc) is 2.86. The maximum atomic E-state index is 12.6. The summed E-state index contributed by atoms with van der Waals surface area (Å²) in [7, 11) is 0. The minimum Gasteiger partial charge on any atom is -0.466 e. The van der Waals surface area contributed by atoms with E-state index in [1.807, 2.05) is 11.8 Å². The van der Waals surface area contributed by atoms with Crippen LogP contribution in [0.25, 0.3) is 0 Å². The predicted molar refractivity (Wildman–Crippen MR) is 88.2 cm³/mol. The minimum atomic E-state index is 0.00823. The summed E-state index contributed by atoms with van der Waals surface area (Å²) in [6.07, 6.45) is 3.62. The van der Waals surface area contributed by atoms with Gasteiger partial charge >= 0.3 is 6.03 Å². The molecule has 1 fully saturated rings. The van der Waals surface area contributed by atoms with Gasteiger partial charge in [0, 0.05) is 31.7 Å². The Kier molecular flexibility index (Phi) is 4.41. The average molecular weight is 320 g/mol. The number of hydrogen-bond acceptors (Lipinski definition) is 3. The highest BCUT2D eigenvalue weighted by molar-refractivity contribution is 5.75. The molecule has 5 heteroatoms. The molecule has 1 aliphatic heterocycles. The van der Waals surface area contributed by atoms with Crippen LogP contribution < -0.4 is 5.32 Å². The second kappa shape index (κ2) is 6.19. The fraction of sp³-hybridized carbons (Fsp3) is 0.722. The Balaban J connectivity index is 1.68. The van der Waals surface area contributed by atoms with Gasteiger partial charge < -0.3 is 19.7 Å². The van der Waals surface area contributed by atoms with E-state index in [0.717, 1.165) is 55.9 Å². The molecule has 1 aromatic heterocycles. The molecule has 0 aromatic carbocycles. The minimum absolute atomic E-state index is 0.00823. The summed E-state index contributed by atoms with van der Waals surface area (Å²) in [4.78, 5) is 14.5. The number of aryl methyl sites for hydroxylation is 1. The molecule has 1 aromatic rings. The van der Waals surface area contributed by atoms with Crippen LogP contribution in [0.4, 0.5) is 4.79 Å². The second-order valence-corrected chi connectivity index (χ2v) is 7.90. The molecule has 1 saturated heterocycles. The molecule has 3 rings (SSSR count). The normalized spacial score (nSPS) is 24.3. The van der Waals surface area contributed by atoms with Gasteiger partial charge in [0.1, 0.15) is 11.5 Å². The van der Waals surface area contributed by atoms with Crippen LogP contribution in [0.1, 0.15) is 56.2 Å². The van der Waals surface area contributed by atoms with E-state index >= 15 is 0 Å². The monoisotopic (exact) mass is 320 g/mol. The van der Waals surface area contributed by atoms with Crippen molar-refractivity contribution in [1.82, 2.24) is 10.2 Å². The zero-order valence-corrected chi connectivity index (χ0v) is 14.4. The number of nitrogens with zero attached hydrogens (tertiary/aromatic N) is 1. The lowest BCUT2D eigenvalue weighted by molar-refractivity contribution is 0.132. The summed E-state index contributed by atoms with van der Waals surface area (Å²) in [5.74, 6) is 2.27. The maximum Gasteiger partial charge on any atom is 0.317 e. The number of urea groups is 1. The van der Waals surface area contributed by atoms with E-state index in [4.69, 9.17) is 4.42 Å². The highest BCUT2D eigenvalue weighted by atomic mass is 16.3. The summed E-state index contributed by atoms with van der Waals surface area (Å²) in [6, 6.07) is 2.09. The molecule has 0 spiro atoms. The number of amides is 2. The van der Waals surface area contributed by atoms with Gasteiger partial charge in [-0.15, -0.1) is 0 Å². The third-order valence-electron chi connectivity index (χ3n) is 5.19. The number of aliphatic hydroxyl groups excluding tert-OH is 1. The molecular formula is C18H28N2O3. The van der Waals surface area contributed by atoms with Crippen molar-refractivity contribution >= 4 is 6.03 Å². The lowest BCUT2D eigenvalue weighted by atomic mass is 9.75. The van der Waals surface area contributed by atoms with Crippen LogP contribution in [0.15, 0.2) is 10.5 Å². The Morgan fingerprint density at radius 3 is 2.78 bits per heavy atom. The van der Waals surface area contributed by atoms with Gasteiger partial charge in [-0.1, -0.05) is 13.8 Å². The van der Waals surface area contributed by atoms with Crippen LogP contribution in [-0.2, 0) is 6.42 Å². The molecule has 128 valence electrons. The molecular weight excluding hydrogens is 292 g/mol. The first-order valence-corrected chi connectivity index (χ1v) is 8.63. The molecule has 2 amide bonds. The van der Waals surface area contributed by atoms with Crippen LogP contribution in [0, 0.1) is 18.3 Å². The molecule has 1 aliphatic carbocycles. The third kappa shape index (κ3) is 3.55. The van der Waals surface area contributed by atoms with Crippen molar-refractivity contribution in [3.05, 3.63) is 23.2 Å². The quantitative estimate of drug-likeness (QED) is 0.880. The zero-order valence-electron chi connectivity index (χ0n) is 14.4. The first-order valence-electron chi connectivity index (χ1n) is 8.63. The Morgan fingerprint density at radius 1 is 1.43 bits per heavy atom. The number of hydrogen-bond donors (Lipinski definition) is 2. The van der Waals surface area contributed by atoms with Gasteiger partial charge in [0.05, 0.1) is 6.04 Å². The topological polar surface area (TPSA) is 65.7 Å². The van der Waals surface area contributed by atoms with Gasteiger partial charge in [0.25, 0.3) is 0 Å². The molecule has 2 N–H and O–H groups in total. The lowest BCUT2D eigenvalue weighted by Crippen LogP contribution is -2.47. The van der Waals surface area contributed by atoms with E-state index in [9.17, 15) is 9.90 Å². The number of fused-ring (bicyclic) bond motifs is 1. The van der Waals surface area contributed by atoms with E-state index in [-0.39, 0.29) is 24.1 Å². The number of aliphatic hydroxyl groups is 1. The fourth-order valence-electron chi connectivity index (χ4n) is 3.87. The van der Waals surface area contributed by atoms with Crippen molar-refractivity contribution in [1.29, 1.82) is 0 Å². The second-order valence-electron chi connectivity index (χ2n) is 7.90.